The minimum Gasteiger partial charge on any atom is -0.533 e. The van der Waals surface area contributed by atoms with Crippen LogP contribution in [0, 0.1) is 0 Å². The van der Waals surface area contributed by atoms with E-state index in [-0.39, 0.29) is 0 Å². The second-order valence-corrected chi connectivity index (χ2v) is 10.7. The molecule has 0 bridgehead atoms. The van der Waals surface area contributed by atoms with E-state index in [0.29, 0.717) is 0 Å². The second kappa shape index (κ2) is 5.82. The Kier molecular flexibility index (Phi) is 4.35. The molecule has 104 valence electrons. The molecular formula is C16H25NOSi. The lowest BCUT2D eigenvalue weighted by Gasteiger charge is -2.34. The first-order valence-electron chi connectivity index (χ1n) is 7.12. The highest BCUT2D eigenvalue weighted by Gasteiger charge is 2.25. The van der Waals surface area contributed by atoms with Crippen LogP contribution in [0.3, 0.4) is 0 Å². The highest BCUT2D eigenvalue weighted by Crippen LogP contribution is 2.27. The maximum Gasteiger partial charge on any atom is 0.244 e. The molecule has 0 saturated heterocycles. The van der Waals surface area contributed by atoms with Crippen LogP contribution < -0.4 is 0 Å². The Morgan fingerprint density at radius 3 is 2.47 bits per heavy atom. The zero-order chi connectivity index (χ0) is 13.9. The van der Waals surface area contributed by atoms with Crippen LogP contribution in [-0.4, -0.2) is 26.8 Å². The fourth-order valence-corrected chi connectivity index (χ4v) is 3.33. The number of benzene rings is 1. The van der Waals surface area contributed by atoms with Crippen LogP contribution in [0.25, 0.3) is 0 Å². The van der Waals surface area contributed by atoms with E-state index in [4.69, 9.17) is 4.43 Å². The van der Waals surface area contributed by atoms with E-state index >= 15 is 0 Å². The van der Waals surface area contributed by atoms with Crippen LogP contribution in [-0.2, 0) is 10.8 Å². The molecule has 0 spiro atoms. The van der Waals surface area contributed by atoms with Crippen molar-refractivity contribution in [2.24, 2.45) is 0 Å². The van der Waals surface area contributed by atoms with Crippen molar-refractivity contribution in [3.63, 3.8) is 0 Å². The fourth-order valence-electron chi connectivity index (χ4n) is 2.45. The Morgan fingerprint density at radius 2 is 1.84 bits per heavy atom. The van der Waals surface area contributed by atoms with Crippen molar-refractivity contribution in [2.45, 2.75) is 38.9 Å². The minimum atomic E-state index is -1.54. The molecule has 19 heavy (non-hydrogen) atoms. The van der Waals surface area contributed by atoms with Gasteiger partial charge in [0.15, 0.2) is 5.88 Å². The van der Waals surface area contributed by atoms with Gasteiger partial charge in [0.25, 0.3) is 0 Å². The minimum absolute atomic E-state index is 1.02. The molecule has 0 amide bonds. The average molecular weight is 275 g/mol. The molecule has 0 fully saturated rings. The predicted octanol–water partition coefficient (Wildman–Crippen LogP) is 4.02. The third-order valence-corrected chi connectivity index (χ3v) is 4.09. The van der Waals surface area contributed by atoms with E-state index < -0.39 is 8.32 Å². The summed E-state index contributed by atoms with van der Waals surface area (Å²) >= 11 is 0. The van der Waals surface area contributed by atoms with Crippen molar-refractivity contribution in [1.82, 2.24) is 4.90 Å². The predicted molar refractivity (Wildman–Crippen MR) is 83.5 cm³/mol. The zero-order valence-electron chi connectivity index (χ0n) is 12.6. The van der Waals surface area contributed by atoms with Gasteiger partial charge < -0.3 is 9.33 Å². The summed E-state index contributed by atoms with van der Waals surface area (Å²) in [5, 5.41) is 0. The number of nitrogens with zero attached hydrogens (tertiary/aromatic N) is 1. The number of hydrogen-bond acceptors (Lipinski definition) is 2. The molecule has 0 saturated carbocycles. The van der Waals surface area contributed by atoms with Gasteiger partial charge in [0, 0.05) is 13.6 Å². The summed E-state index contributed by atoms with van der Waals surface area (Å²) in [5.74, 6) is 1.15. The van der Waals surface area contributed by atoms with Gasteiger partial charge >= 0.3 is 0 Å². The monoisotopic (exact) mass is 275 g/mol. The van der Waals surface area contributed by atoms with Crippen molar-refractivity contribution in [3.8, 4) is 0 Å². The topological polar surface area (TPSA) is 12.5 Å². The molecule has 1 aliphatic rings. The molecule has 3 heteroatoms. The first-order valence-corrected chi connectivity index (χ1v) is 10.5. The van der Waals surface area contributed by atoms with Gasteiger partial charge in [-0.15, -0.1) is 0 Å². The van der Waals surface area contributed by atoms with Crippen molar-refractivity contribution in [1.29, 1.82) is 0 Å². The Morgan fingerprint density at radius 1 is 1.16 bits per heavy atom. The van der Waals surface area contributed by atoms with E-state index in [1.165, 1.54) is 24.0 Å². The van der Waals surface area contributed by atoms with Crippen molar-refractivity contribution in [2.75, 3.05) is 13.6 Å². The van der Waals surface area contributed by atoms with Gasteiger partial charge in [-0.05, 0) is 50.0 Å². The maximum atomic E-state index is 6.32. The summed E-state index contributed by atoms with van der Waals surface area (Å²) in [5.41, 5.74) is 2.84. The van der Waals surface area contributed by atoms with Gasteiger partial charge in [0.05, 0.1) is 0 Å². The van der Waals surface area contributed by atoms with Crippen LogP contribution in [0.1, 0.15) is 18.4 Å². The Labute approximate surface area is 118 Å². The SMILES string of the molecule is CN1CCCC(Cc2ccccc2)=C1O[Si](C)(C)C. The van der Waals surface area contributed by atoms with Gasteiger partial charge in [0.2, 0.25) is 8.32 Å². The number of rotatable bonds is 4. The summed E-state index contributed by atoms with van der Waals surface area (Å²) in [6.45, 7) is 7.87. The molecule has 1 aliphatic heterocycles. The largest absolute Gasteiger partial charge is 0.533 e. The molecule has 0 unspecified atom stereocenters. The van der Waals surface area contributed by atoms with Crippen LogP contribution >= 0.6 is 0 Å². The lowest BCUT2D eigenvalue weighted by molar-refractivity contribution is 0.218. The zero-order valence-corrected chi connectivity index (χ0v) is 13.6. The van der Waals surface area contributed by atoms with Crippen molar-refractivity contribution in [3.05, 3.63) is 47.4 Å². The molecule has 2 nitrogen and oxygen atoms in total. The van der Waals surface area contributed by atoms with Gasteiger partial charge in [0.1, 0.15) is 0 Å². The Hall–Kier alpha value is -1.22. The first kappa shape index (κ1) is 14.2. The third-order valence-electron chi connectivity index (χ3n) is 3.28. The van der Waals surface area contributed by atoms with Crippen LogP contribution in [0.4, 0.5) is 0 Å². The van der Waals surface area contributed by atoms with Crippen molar-refractivity contribution >= 4 is 8.32 Å². The first-order chi connectivity index (χ1) is 8.96. The van der Waals surface area contributed by atoms with Crippen LogP contribution in [0.15, 0.2) is 41.8 Å². The molecule has 1 aromatic rings. The standard InChI is InChI=1S/C16H25NOSi/c1-17-12-8-11-15(16(17)18-19(2,3)4)13-14-9-6-5-7-10-14/h5-7,9-10H,8,11-13H2,1-4H3. The molecule has 0 atom stereocenters. The molecule has 0 aliphatic carbocycles. The van der Waals surface area contributed by atoms with Gasteiger partial charge in [-0.1, -0.05) is 30.3 Å². The van der Waals surface area contributed by atoms with Gasteiger partial charge in [-0.25, -0.2) is 0 Å². The summed E-state index contributed by atoms with van der Waals surface area (Å²) in [4.78, 5) is 2.29. The number of allylic oxidation sites excluding steroid dienone is 1. The van der Waals surface area contributed by atoms with E-state index in [2.05, 4.69) is 61.9 Å². The van der Waals surface area contributed by atoms with Crippen LogP contribution in [0.2, 0.25) is 19.6 Å². The second-order valence-electron chi connectivity index (χ2n) is 6.31. The summed E-state index contributed by atoms with van der Waals surface area (Å²) in [7, 11) is 0.607. The Bertz CT molecular complexity index is 448. The molecule has 1 heterocycles. The lowest BCUT2D eigenvalue weighted by Crippen LogP contribution is -2.35. The summed E-state index contributed by atoms with van der Waals surface area (Å²) in [6.07, 6.45) is 3.42. The lowest BCUT2D eigenvalue weighted by atomic mass is 9.99. The van der Waals surface area contributed by atoms with Gasteiger partial charge in [-0.3, -0.25) is 0 Å². The number of hydrogen-bond donors (Lipinski definition) is 0. The Balaban J connectivity index is 2.23. The molecule has 2 rings (SSSR count). The van der Waals surface area contributed by atoms with Crippen LogP contribution in [0.5, 0.6) is 0 Å². The maximum absolute atomic E-state index is 6.32. The summed E-state index contributed by atoms with van der Waals surface area (Å²) in [6, 6.07) is 10.7. The van der Waals surface area contributed by atoms with E-state index in [9.17, 15) is 0 Å². The third kappa shape index (κ3) is 4.13. The van der Waals surface area contributed by atoms with Gasteiger partial charge in [-0.2, -0.15) is 0 Å². The normalized spacial score (nSPS) is 16.7. The molecular weight excluding hydrogens is 250 g/mol. The fraction of sp³-hybridized carbons (Fsp3) is 0.500. The summed E-state index contributed by atoms with van der Waals surface area (Å²) < 4.78 is 6.32. The molecule has 0 radical (unpaired) electrons. The highest BCUT2D eigenvalue weighted by molar-refractivity contribution is 6.70. The van der Waals surface area contributed by atoms with Crippen molar-refractivity contribution < 1.29 is 4.43 Å². The van der Waals surface area contributed by atoms with E-state index in [0.717, 1.165) is 18.8 Å². The quantitative estimate of drug-likeness (QED) is 0.770. The highest BCUT2D eigenvalue weighted by atomic mass is 28.4. The van der Waals surface area contributed by atoms with E-state index in [1.54, 1.807) is 0 Å². The average Bonchev–Trinajstić information content (AvgIpc) is 2.34. The molecule has 1 aromatic carbocycles. The smallest absolute Gasteiger partial charge is 0.244 e. The molecule has 0 N–H and O–H groups in total. The molecule has 0 aromatic heterocycles. The van der Waals surface area contributed by atoms with E-state index in [1.807, 2.05) is 0 Å².